The summed E-state index contributed by atoms with van der Waals surface area (Å²) in [7, 11) is -1.67. The molecule has 0 radical (unpaired) electrons. The summed E-state index contributed by atoms with van der Waals surface area (Å²) in [5, 5.41) is 11.8. The normalized spacial score (nSPS) is 13.8. The second kappa shape index (κ2) is 7.19. The van der Waals surface area contributed by atoms with E-state index in [4.69, 9.17) is 5.11 Å². The Hall–Kier alpha value is -1.69. The molecule has 0 spiro atoms. The fraction of sp³-hybridized carbons (Fsp3) is 0.429. The van der Waals surface area contributed by atoms with Crippen LogP contribution in [0.3, 0.4) is 0 Å². The maximum atomic E-state index is 12.1. The highest BCUT2D eigenvalue weighted by atomic mass is 32.2. The molecular weight excluding hydrogens is 278 g/mol. The molecule has 1 amide bonds. The molecule has 0 bridgehead atoms. The third kappa shape index (κ3) is 4.45. The summed E-state index contributed by atoms with van der Waals surface area (Å²) in [6, 6.07) is 6.00. The summed E-state index contributed by atoms with van der Waals surface area (Å²) in [5.74, 6) is -1.45. The third-order valence-electron chi connectivity index (χ3n) is 3.01. The fourth-order valence-electron chi connectivity index (χ4n) is 1.50. The number of rotatable bonds is 6. The van der Waals surface area contributed by atoms with Gasteiger partial charge in [0.25, 0.3) is 0 Å². The highest BCUT2D eigenvalue weighted by molar-refractivity contribution is 7.85. The minimum absolute atomic E-state index is 0.0192. The topological polar surface area (TPSA) is 83.5 Å². The lowest BCUT2D eigenvalue weighted by Gasteiger charge is -2.17. The van der Waals surface area contributed by atoms with Crippen molar-refractivity contribution in [2.75, 3.05) is 5.75 Å². The molecule has 0 aromatic heterocycles. The van der Waals surface area contributed by atoms with E-state index in [0.717, 1.165) is 0 Å². The third-order valence-corrected chi connectivity index (χ3v) is 4.38. The van der Waals surface area contributed by atoms with Gasteiger partial charge in [-0.25, -0.2) is 4.79 Å². The first-order chi connectivity index (χ1) is 9.32. The maximum Gasteiger partial charge on any atom is 0.336 e. The van der Waals surface area contributed by atoms with E-state index in [9.17, 15) is 13.8 Å². The average molecular weight is 297 g/mol. The summed E-state index contributed by atoms with van der Waals surface area (Å²) in [5.41, 5.74) is -0.0319. The van der Waals surface area contributed by atoms with E-state index < -0.39 is 16.8 Å². The van der Waals surface area contributed by atoms with E-state index in [1.807, 2.05) is 20.8 Å². The van der Waals surface area contributed by atoms with Gasteiger partial charge in [-0.1, -0.05) is 26.0 Å². The van der Waals surface area contributed by atoms with Gasteiger partial charge in [-0.3, -0.25) is 9.00 Å². The number of carboxylic acids is 1. The summed E-state index contributed by atoms with van der Waals surface area (Å²) < 4.78 is 12.1. The molecule has 0 aliphatic heterocycles. The van der Waals surface area contributed by atoms with Crippen LogP contribution in [0.1, 0.15) is 31.1 Å². The largest absolute Gasteiger partial charge is 0.478 e. The van der Waals surface area contributed by atoms with Crippen molar-refractivity contribution in [3.05, 3.63) is 29.8 Å². The first-order valence-electron chi connectivity index (χ1n) is 6.33. The van der Waals surface area contributed by atoms with Crippen LogP contribution in [-0.4, -0.2) is 33.0 Å². The molecule has 2 unspecified atom stereocenters. The molecule has 2 N–H and O–H groups in total. The SMILES string of the molecule is CC(C)C(C)NC(=O)CS(=O)c1ccccc1C(=O)O. The summed E-state index contributed by atoms with van der Waals surface area (Å²) in [6.07, 6.45) is 0. The van der Waals surface area contributed by atoms with Gasteiger partial charge in [0.2, 0.25) is 5.91 Å². The second-order valence-electron chi connectivity index (χ2n) is 4.89. The Kier molecular flexibility index (Phi) is 5.88. The molecule has 110 valence electrons. The Balaban J connectivity index is 2.77. The smallest absolute Gasteiger partial charge is 0.336 e. The van der Waals surface area contributed by atoms with Crippen molar-refractivity contribution >= 4 is 22.7 Å². The van der Waals surface area contributed by atoms with Crippen LogP contribution in [0.5, 0.6) is 0 Å². The molecule has 5 nitrogen and oxygen atoms in total. The van der Waals surface area contributed by atoms with E-state index >= 15 is 0 Å². The van der Waals surface area contributed by atoms with Crippen LogP contribution in [-0.2, 0) is 15.6 Å². The lowest BCUT2D eigenvalue weighted by Crippen LogP contribution is -2.38. The van der Waals surface area contributed by atoms with Gasteiger partial charge < -0.3 is 10.4 Å². The summed E-state index contributed by atoms with van der Waals surface area (Å²) >= 11 is 0. The minimum Gasteiger partial charge on any atom is -0.478 e. The number of carbonyl (C=O) groups is 2. The van der Waals surface area contributed by atoms with Gasteiger partial charge in [0.05, 0.1) is 21.3 Å². The van der Waals surface area contributed by atoms with Crippen LogP contribution < -0.4 is 5.32 Å². The van der Waals surface area contributed by atoms with Crippen LogP contribution in [0.25, 0.3) is 0 Å². The van der Waals surface area contributed by atoms with Crippen LogP contribution in [0.2, 0.25) is 0 Å². The number of carbonyl (C=O) groups excluding carboxylic acids is 1. The van der Waals surface area contributed by atoms with Gasteiger partial charge in [0.1, 0.15) is 5.75 Å². The Morgan fingerprint density at radius 2 is 1.85 bits per heavy atom. The number of hydrogen-bond donors (Lipinski definition) is 2. The zero-order chi connectivity index (χ0) is 15.3. The van der Waals surface area contributed by atoms with Crippen molar-refractivity contribution < 1.29 is 18.9 Å². The van der Waals surface area contributed by atoms with Crippen molar-refractivity contribution in [2.45, 2.75) is 31.7 Å². The highest BCUT2D eigenvalue weighted by Crippen LogP contribution is 2.14. The van der Waals surface area contributed by atoms with E-state index in [-0.39, 0.29) is 34.1 Å². The van der Waals surface area contributed by atoms with Crippen molar-refractivity contribution in [3.8, 4) is 0 Å². The van der Waals surface area contributed by atoms with E-state index in [1.54, 1.807) is 12.1 Å². The highest BCUT2D eigenvalue weighted by Gasteiger charge is 2.18. The predicted molar refractivity (Wildman–Crippen MR) is 77.1 cm³/mol. The van der Waals surface area contributed by atoms with Crippen LogP contribution in [0.15, 0.2) is 29.2 Å². The molecule has 0 aliphatic rings. The standard InChI is InChI=1S/C14H19NO4S/c1-9(2)10(3)15-13(16)8-20(19)12-7-5-4-6-11(12)14(17)18/h4-7,9-10H,8H2,1-3H3,(H,15,16)(H,17,18). The van der Waals surface area contributed by atoms with Crippen molar-refractivity contribution in [1.82, 2.24) is 5.32 Å². The van der Waals surface area contributed by atoms with E-state index in [2.05, 4.69) is 5.32 Å². The molecule has 6 heteroatoms. The van der Waals surface area contributed by atoms with Gasteiger partial charge in [0, 0.05) is 6.04 Å². The molecular formula is C14H19NO4S. The lowest BCUT2D eigenvalue weighted by molar-refractivity contribution is -0.119. The number of benzene rings is 1. The molecule has 2 atom stereocenters. The molecule has 0 fully saturated rings. The second-order valence-corrected chi connectivity index (χ2v) is 6.31. The zero-order valence-corrected chi connectivity index (χ0v) is 12.6. The van der Waals surface area contributed by atoms with E-state index in [1.165, 1.54) is 12.1 Å². The summed E-state index contributed by atoms with van der Waals surface area (Å²) in [6.45, 7) is 5.82. The lowest BCUT2D eigenvalue weighted by atomic mass is 10.1. The fourth-order valence-corrected chi connectivity index (χ4v) is 2.61. The van der Waals surface area contributed by atoms with Crippen molar-refractivity contribution in [3.63, 3.8) is 0 Å². The molecule has 0 aliphatic carbocycles. The Labute approximate surface area is 120 Å². The zero-order valence-electron chi connectivity index (χ0n) is 11.8. The number of hydrogen-bond acceptors (Lipinski definition) is 3. The molecule has 0 saturated carbocycles. The van der Waals surface area contributed by atoms with Crippen molar-refractivity contribution in [1.29, 1.82) is 0 Å². The molecule has 1 aromatic rings. The predicted octanol–water partition coefficient (Wildman–Crippen LogP) is 1.65. The maximum absolute atomic E-state index is 12.1. The minimum atomic E-state index is -1.67. The monoisotopic (exact) mass is 297 g/mol. The summed E-state index contributed by atoms with van der Waals surface area (Å²) in [4.78, 5) is 23.0. The van der Waals surface area contributed by atoms with Gasteiger partial charge in [-0.2, -0.15) is 0 Å². The van der Waals surface area contributed by atoms with Crippen LogP contribution >= 0.6 is 0 Å². The van der Waals surface area contributed by atoms with Crippen LogP contribution in [0.4, 0.5) is 0 Å². The Morgan fingerprint density at radius 1 is 1.25 bits per heavy atom. The van der Waals surface area contributed by atoms with Gasteiger partial charge >= 0.3 is 5.97 Å². The number of carboxylic acid groups (broad SMARTS) is 1. The van der Waals surface area contributed by atoms with Crippen LogP contribution in [0, 0.1) is 5.92 Å². The molecule has 0 saturated heterocycles. The number of nitrogens with one attached hydrogen (secondary N) is 1. The van der Waals surface area contributed by atoms with E-state index in [0.29, 0.717) is 0 Å². The van der Waals surface area contributed by atoms with Gasteiger partial charge in [-0.05, 0) is 25.0 Å². The average Bonchev–Trinajstić information content (AvgIpc) is 2.38. The first-order valence-corrected chi connectivity index (χ1v) is 7.65. The Morgan fingerprint density at radius 3 is 2.40 bits per heavy atom. The van der Waals surface area contributed by atoms with Crippen molar-refractivity contribution in [2.24, 2.45) is 5.92 Å². The molecule has 0 heterocycles. The quantitative estimate of drug-likeness (QED) is 0.836. The molecule has 1 aromatic carbocycles. The molecule has 1 rings (SSSR count). The molecule has 20 heavy (non-hydrogen) atoms. The Bertz CT molecular complexity index is 528. The van der Waals surface area contributed by atoms with Gasteiger partial charge in [0.15, 0.2) is 0 Å². The first kappa shape index (κ1) is 16.4. The number of amides is 1. The number of aromatic carboxylic acids is 1. The van der Waals surface area contributed by atoms with Gasteiger partial charge in [-0.15, -0.1) is 0 Å².